The minimum Gasteiger partial charge on any atom is -0.480 e. The highest BCUT2D eigenvalue weighted by molar-refractivity contribution is 7.99. The standard InChI is InChI=1S/C11H19NO3S/c1-3-5-7-16-8-9(11(14)15)12-10(13)6-4-2/h3,5,9H,4,6-8H2,1-2H3,(H,12,13)(H,14,15). The van der Waals surface area contributed by atoms with E-state index < -0.39 is 12.0 Å². The molecule has 0 spiro atoms. The number of thioether (sulfide) groups is 1. The smallest absolute Gasteiger partial charge is 0.327 e. The van der Waals surface area contributed by atoms with Gasteiger partial charge < -0.3 is 10.4 Å². The van der Waals surface area contributed by atoms with Gasteiger partial charge in [-0.15, -0.1) is 0 Å². The monoisotopic (exact) mass is 245 g/mol. The zero-order chi connectivity index (χ0) is 12.4. The molecule has 1 atom stereocenters. The van der Waals surface area contributed by atoms with Gasteiger partial charge in [0.05, 0.1) is 0 Å². The minimum atomic E-state index is -0.975. The summed E-state index contributed by atoms with van der Waals surface area (Å²) < 4.78 is 0. The number of aliphatic carboxylic acids is 1. The molecule has 1 unspecified atom stereocenters. The molecule has 1 amide bonds. The second-order valence-corrected chi connectivity index (χ2v) is 4.39. The third kappa shape index (κ3) is 7.34. The molecule has 16 heavy (non-hydrogen) atoms. The summed E-state index contributed by atoms with van der Waals surface area (Å²) in [6, 6.07) is -0.783. The van der Waals surface area contributed by atoms with Crippen molar-refractivity contribution >= 4 is 23.6 Å². The van der Waals surface area contributed by atoms with Crippen LogP contribution >= 0.6 is 11.8 Å². The van der Waals surface area contributed by atoms with Crippen LogP contribution in [0.25, 0.3) is 0 Å². The number of allylic oxidation sites excluding steroid dienone is 1. The van der Waals surface area contributed by atoms with Crippen molar-refractivity contribution in [3.05, 3.63) is 12.2 Å². The molecule has 0 aromatic rings. The van der Waals surface area contributed by atoms with Crippen molar-refractivity contribution in [1.29, 1.82) is 0 Å². The quantitative estimate of drug-likeness (QED) is 0.504. The molecule has 0 aromatic carbocycles. The van der Waals surface area contributed by atoms with Crippen molar-refractivity contribution in [2.24, 2.45) is 0 Å². The van der Waals surface area contributed by atoms with Crippen LogP contribution in [0.3, 0.4) is 0 Å². The number of rotatable bonds is 8. The molecule has 2 N–H and O–H groups in total. The average molecular weight is 245 g/mol. The van der Waals surface area contributed by atoms with E-state index in [1.165, 1.54) is 11.8 Å². The maximum Gasteiger partial charge on any atom is 0.327 e. The fraction of sp³-hybridized carbons (Fsp3) is 0.636. The fourth-order valence-corrected chi connectivity index (χ4v) is 1.94. The van der Waals surface area contributed by atoms with Gasteiger partial charge in [0.2, 0.25) is 5.91 Å². The number of carbonyl (C=O) groups is 2. The summed E-state index contributed by atoms with van der Waals surface area (Å²) in [5.41, 5.74) is 0. The zero-order valence-electron chi connectivity index (χ0n) is 9.73. The van der Waals surface area contributed by atoms with Gasteiger partial charge in [0.1, 0.15) is 6.04 Å². The van der Waals surface area contributed by atoms with Crippen molar-refractivity contribution in [2.45, 2.75) is 32.7 Å². The average Bonchev–Trinajstić information content (AvgIpc) is 2.22. The first-order valence-electron chi connectivity index (χ1n) is 5.32. The Bertz CT molecular complexity index is 254. The lowest BCUT2D eigenvalue weighted by atomic mass is 10.3. The molecule has 0 saturated carbocycles. The molecule has 0 aliphatic carbocycles. The lowest BCUT2D eigenvalue weighted by Gasteiger charge is -2.13. The van der Waals surface area contributed by atoms with Gasteiger partial charge in [0.25, 0.3) is 0 Å². The van der Waals surface area contributed by atoms with Crippen molar-refractivity contribution in [3.63, 3.8) is 0 Å². The highest BCUT2D eigenvalue weighted by Crippen LogP contribution is 2.04. The molecule has 0 radical (unpaired) electrons. The number of nitrogens with one attached hydrogen (secondary N) is 1. The number of carboxylic acids is 1. The normalized spacial score (nSPS) is 12.6. The van der Waals surface area contributed by atoms with Gasteiger partial charge in [-0.3, -0.25) is 4.79 Å². The predicted molar refractivity (Wildman–Crippen MR) is 66.6 cm³/mol. The third-order valence-electron chi connectivity index (χ3n) is 1.84. The molecule has 5 heteroatoms. The Hall–Kier alpha value is -0.970. The topological polar surface area (TPSA) is 66.4 Å². The molecule has 92 valence electrons. The molecule has 0 saturated heterocycles. The minimum absolute atomic E-state index is 0.193. The first-order valence-corrected chi connectivity index (χ1v) is 6.48. The van der Waals surface area contributed by atoms with Crippen molar-refractivity contribution < 1.29 is 14.7 Å². The number of hydrogen-bond acceptors (Lipinski definition) is 3. The second-order valence-electron chi connectivity index (χ2n) is 3.31. The van der Waals surface area contributed by atoms with Crippen LogP contribution in [0.5, 0.6) is 0 Å². The Labute approximate surface area is 100 Å². The van der Waals surface area contributed by atoms with Gasteiger partial charge in [0.15, 0.2) is 0 Å². The van der Waals surface area contributed by atoms with Crippen LogP contribution in [-0.4, -0.2) is 34.5 Å². The molecule has 0 aliphatic heterocycles. The maximum absolute atomic E-state index is 11.2. The molecule has 0 heterocycles. The van der Waals surface area contributed by atoms with Gasteiger partial charge in [-0.25, -0.2) is 4.79 Å². The fourth-order valence-electron chi connectivity index (χ4n) is 1.02. The summed E-state index contributed by atoms with van der Waals surface area (Å²) in [7, 11) is 0. The lowest BCUT2D eigenvalue weighted by Crippen LogP contribution is -2.42. The molecule has 4 nitrogen and oxygen atoms in total. The highest BCUT2D eigenvalue weighted by Gasteiger charge is 2.18. The molecule has 0 fully saturated rings. The SMILES string of the molecule is CC=CCSCC(NC(=O)CCC)C(=O)O. The summed E-state index contributed by atoms with van der Waals surface area (Å²) in [6.45, 7) is 3.80. The Kier molecular flexibility index (Phi) is 8.71. The Balaban J connectivity index is 3.97. The first kappa shape index (κ1) is 15.0. The van der Waals surface area contributed by atoms with E-state index in [0.717, 1.165) is 12.2 Å². The van der Waals surface area contributed by atoms with Crippen LogP contribution in [-0.2, 0) is 9.59 Å². The van der Waals surface area contributed by atoms with E-state index in [1.54, 1.807) is 0 Å². The predicted octanol–water partition coefficient (Wildman–Crippen LogP) is 1.67. The van der Waals surface area contributed by atoms with Crippen LogP contribution in [0.2, 0.25) is 0 Å². The summed E-state index contributed by atoms with van der Waals surface area (Å²) in [6.07, 6.45) is 4.98. The largest absolute Gasteiger partial charge is 0.480 e. The van der Waals surface area contributed by atoms with Gasteiger partial charge in [-0.2, -0.15) is 11.8 Å². The van der Waals surface area contributed by atoms with E-state index >= 15 is 0 Å². The van der Waals surface area contributed by atoms with Crippen LogP contribution < -0.4 is 5.32 Å². The molecule has 0 bridgehead atoms. The van der Waals surface area contributed by atoms with Crippen LogP contribution in [0.4, 0.5) is 0 Å². The van der Waals surface area contributed by atoms with Crippen LogP contribution in [0.1, 0.15) is 26.7 Å². The van der Waals surface area contributed by atoms with E-state index in [1.807, 2.05) is 26.0 Å². The number of amides is 1. The number of carbonyl (C=O) groups excluding carboxylic acids is 1. The summed E-state index contributed by atoms with van der Waals surface area (Å²) in [5, 5.41) is 11.4. The van der Waals surface area contributed by atoms with E-state index in [-0.39, 0.29) is 5.91 Å². The lowest BCUT2D eigenvalue weighted by molar-refractivity contribution is -0.141. The third-order valence-corrected chi connectivity index (χ3v) is 2.84. The van der Waals surface area contributed by atoms with Gasteiger partial charge >= 0.3 is 5.97 Å². The second kappa shape index (κ2) is 9.27. The Morgan fingerprint density at radius 2 is 2.19 bits per heavy atom. The van der Waals surface area contributed by atoms with E-state index in [0.29, 0.717) is 12.2 Å². The molecule has 0 aliphatic rings. The molecule has 0 aromatic heterocycles. The number of carboxylic acid groups (broad SMARTS) is 1. The highest BCUT2D eigenvalue weighted by atomic mass is 32.2. The maximum atomic E-state index is 11.2. The molecule has 0 rings (SSSR count). The van der Waals surface area contributed by atoms with Crippen LogP contribution in [0, 0.1) is 0 Å². The summed E-state index contributed by atoms with van der Waals surface area (Å²) in [4.78, 5) is 22.1. The van der Waals surface area contributed by atoms with Gasteiger partial charge in [-0.1, -0.05) is 19.1 Å². The van der Waals surface area contributed by atoms with Gasteiger partial charge in [0, 0.05) is 17.9 Å². The molecular weight excluding hydrogens is 226 g/mol. The Morgan fingerprint density at radius 1 is 1.50 bits per heavy atom. The van der Waals surface area contributed by atoms with E-state index in [9.17, 15) is 9.59 Å². The van der Waals surface area contributed by atoms with Crippen molar-refractivity contribution in [2.75, 3.05) is 11.5 Å². The first-order chi connectivity index (χ1) is 7.61. The van der Waals surface area contributed by atoms with E-state index in [4.69, 9.17) is 5.11 Å². The van der Waals surface area contributed by atoms with Crippen LogP contribution in [0.15, 0.2) is 12.2 Å². The zero-order valence-corrected chi connectivity index (χ0v) is 10.5. The summed E-state index contributed by atoms with van der Waals surface area (Å²) >= 11 is 1.49. The van der Waals surface area contributed by atoms with E-state index in [2.05, 4.69) is 5.32 Å². The van der Waals surface area contributed by atoms with Crippen molar-refractivity contribution in [1.82, 2.24) is 5.32 Å². The van der Waals surface area contributed by atoms with Crippen molar-refractivity contribution in [3.8, 4) is 0 Å². The number of hydrogen-bond donors (Lipinski definition) is 2. The molecular formula is C11H19NO3S. The summed E-state index contributed by atoms with van der Waals surface area (Å²) in [5.74, 6) is -0.00190. The Morgan fingerprint density at radius 3 is 2.69 bits per heavy atom. The van der Waals surface area contributed by atoms with Gasteiger partial charge in [-0.05, 0) is 13.3 Å².